The van der Waals surface area contributed by atoms with Crippen LogP contribution in [-0.4, -0.2) is 27.6 Å². The molecule has 2 aromatic rings. The fourth-order valence-corrected chi connectivity index (χ4v) is 2.44. The summed E-state index contributed by atoms with van der Waals surface area (Å²) in [7, 11) is 0. The van der Waals surface area contributed by atoms with Gasteiger partial charge in [-0.25, -0.2) is 4.79 Å². The number of nitrogens with one attached hydrogen (secondary N) is 1. The van der Waals surface area contributed by atoms with Gasteiger partial charge in [0, 0.05) is 11.2 Å². The maximum Gasteiger partial charge on any atom is 0.326 e. The lowest BCUT2D eigenvalue weighted by Gasteiger charge is -2.14. The maximum atomic E-state index is 12.2. The van der Waals surface area contributed by atoms with Gasteiger partial charge in [0.25, 0.3) is 0 Å². The highest BCUT2D eigenvalue weighted by atomic mass is 16.4. The lowest BCUT2D eigenvalue weighted by atomic mass is 10.2. The number of hydrogen-bond acceptors (Lipinski definition) is 2. The molecule has 0 bridgehead atoms. The van der Waals surface area contributed by atoms with Crippen molar-refractivity contribution in [1.82, 2.24) is 9.88 Å². The van der Waals surface area contributed by atoms with Gasteiger partial charge in [0.1, 0.15) is 12.6 Å². The minimum absolute atomic E-state index is 0.110. The Morgan fingerprint density at radius 1 is 1.36 bits per heavy atom. The number of aliphatic carboxylic acids is 1. The van der Waals surface area contributed by atoms with Crippen molar-refractivity contribution < 1.29 is 14.7 Å². The largest absolute Gasteiger partial charge is 0.480 e. The van der Waals surface area contributed by atoms with E-state index < -0.39 is 12.0 Å². The average molecular weight is 300 g/mol. The molecule has 5 heteroatoms. The number of allylic oxidation sites excluding steroid dienone is 1. The number of fused-ring (bicyclic) bond motifs is 1. The highest BCUT2D eigenvalue weighted by Crippen LogP contribution is 2.18. The minimum atomic E-state index is -1.03. The second-order valence-electron chi connectivity index (χ2n) is 5.19. The van der Waals surface area contributed by atoms with Crippen molar-refractivity contribution in [2.24, 2.45) is 0 Å². The van der Waals surface area contributed by atoms with Crippen molar-refractivity contribution in [3.63, 3.8) is 0 Å². The first kappa shape index (κ1) is 15.8. The van der Waals surface area contributed by atoms with Crippen LogP contribution in [0.4, 0.5) is 0 Å². The van der Waals surface area contributed by atoms with Gasteiger partial charge in [0.2, 0.25) is 5.91 Å². The van der Waals surface area contributed by atoms with E-state index in [-0.39, 0.29) is 18.9 Å². The highest BCUT2D eigenvalue weighted by Gasteiger charge is 2.19. The van der Waals surface area contributed by atoms with Crippen molar-refractivity contribution in [1.29, 1.82) is 0 Å². The smallest absolute Gasteiger partial charge is 0.326 e. The molecule has 0 spiro atoms. The van der Waals surface area contributed by atoms with Crippen molar-refractivity contribution in [3.05, 3.63) is 48.2 Å². The number of carbonyl (C=O) groups excluding carboxylic acids is 1. The molecule has 0 aliphatic heterocycles. The molecule has 22 heavy (non-hydrogen) atoms. The van der Waals surface area contributed by atoms with Crippen LogP contribution in [0.2, 0.25) is 0 Å². The van der Waals surface area contributed by atoms with Gasteiger partial charge in [0.15, 0.2) is 0 Å². The summed E-state index contributed by atoms with van der Waals surface area (Å²) in [5.74, 6) is -1.33. The Hall–Kier alpha value is -2.56. The van der Waals surface area contributed by atoms with E-state index in [0.29, 0.717) is 0 Å². The number of carboxylic acids is 1. The molecule has 0 aliphatic rings. The minimum Gasteiger partial charge on any atom is -0.480 e. The lowest BCUT2D eigenvalue weighted by Crippen LogP contribution is -2.42. The molecule has 1 unspecified atom stereocenters. The molecule has 1 amide bonds. The highest BCUT2D eigenvalue weighted by molar-refractivity contribution is 5.86. The van der Waals surface area contributed by atoms with Crippen LogP contribution in [-0.2, 0) is 16.1 Å². The number of carboxylic acid groups (broad SMARTS) is 1. The summed E-state index contributed by atoms with van der Waals surface area (Å²) in [5, 5.41) is 12.8. The van der Waals surface area contributed by atoms with Gasteiger partial charge in [-0.15, -0.1) is 0 Å². The predicted octanol–water partition coefficient (Wildman–Crippen LogP) is 2.49. The van der Waals surface area contributed by atoms with Crippen molar-refractivity contribution in [3.8, 4) is 0 Å². The normalized spacial score (nSPS) is 12.6. The molecule has 1 aromatic carbocycles. The van der Waals surface area contributed by atoms with E-state index in [9.17, 15) is 9.59 Å². The summed E-state index contributed by atoms with van der Waals surface area (Å²) in [4.78, 5) is 23.3. The zero-order valence-corrected chi connectivity index (χ0v) is 12.7. The van der Waals surface area contributed by atoms with Gasteiger partial charge in [-0.1, -0.05) is 30.4 Å². The number of rotatable bonds is 6. The SMILES string of the molecule is C/C=C/CC(NC(=O)Cn1c(C)cc2ccccc21)C(=O)O. The molecule has 0 saturated carbocycles. The molecule has 1 aromatic heterocycles. The number of amides is 1. The number of aromatic nitrogens is 1. The Kier molecular flexibility index (Phi) is 4.99. The Balaban J connectivity index is 2.13. The van der Waals surface area contributed by atoms with Gasteiger partial charge in [-0.3, -0.25) is 4.79 Å². The molecular formula is C17H20N2O3. The molecule has 0 radical (unpaired) electrons. The molecule has 2 rings (SSSR count). The number of hydrogen-bond donors (Lipinski definition) is 2. The third-order valence-electron chi connectivity index (χ3n) is 3.56. The van der Waals surface area contributed by atoms with Crippen LogP contribution in [0, 0.1) is 6.92 Å². The van der Waals surface area contributed by atoms with Crippen LogP contribution in [0.3, 0.4) is 0 Å². The number of nitrogens with zero attached hydrogens (tertiary/aromatic N) is 1. The van der Waals surface area contributed by atoms with Crippen LogP contribution in [0.15, 0.2) is 42.5 Å². The lowest BCUT2D eigenvalue weighted by molar-refractivity contribution is -0.141. The van der Waals surface area contributed by atoms with E-state index in [1.165, 1.54) is 0 Å². The van der Waals surface area contributed by atoms with E-state index in [2.05, 4.69) is 5.32 Å². The summed E-state index contributed by atoms with van der Waals surface area (Å²) in [6, 6.07) is 8.92. The second-order valence-corrected chi connectivity index (χ2v) is 5.19. The summed E-state index contributed by atoms with van der Waals surface area (Å²) in [6.45, 7) is 3.86. The summed E-state index contributed by atoms with van der Waals surface area (Å²) >= 11 is 0. The predicted molar refractivity (Wildman–Crippen MR) is 85.7 cm³/mol. The Labute approximate surface area is 129 Å². The fraction of sp³-hybridized carbons (Fsp3) is 0.294. The van der Waals surface area contributed by atoms with Gasteiger partial charge < -0.3 is 15.0 Å². The van der Waals surface area contributed by atoms with Crippen LogP contribution in [0.1, 0.15) is 19.0 Å². The number of para-hydroxylation sites is 1. The topological polar surface area (TPSA) is 71.3 Å². The molecule has 0 aliphatic carbocycles. The first-order chi connectivity index (χ1) is 10.5. The second kappa shape index (κ2) is 6.93. The van der Waals surface area contributed by atoms with Crippen LogP contribution in [0.25, 0.3) is 10.9 Å². The van der Waals surface area contributed by atoms with Crippen molar-refractivity contribution >= 4 is 22.8 Å². The molecule has 2 N–H and O–H groups in total. The van der Waals surface area contributed by atoms with Crippen LogP contribution >= 0.6 is 0 Å². The third kappa shape index (κ3) is 3.55. The monoisotopic (exact) mass is 300 g/mol. The molecule has 5 nitrogen and oxygen atoms in total. The summed E-state index contributed by atoms with van der Waals surface area (Å²) in [5.41, 5.74) is 1.94. The van der Waals surface area contributed by atoms with Crippen LogP contribution in [0.5, 0.6) is 0 Å². The van der Waals surface area contributed by atoms with Crippen molar-refractivity contribution in [2.45, 2.75) is 32.9 Å². The molecule has 0 saturated heterocycles. The first-order valence-corrected chi connectivity index (χ1v) is 7.21. The van der Waals surface area contributed by atoms with E-state index in [1.54, 1.807) is 12.2 Å². The number of carbonyl (C=O) groups is 2. The zero-order valence-electron chi connectivity index (χ0n) is 12.7. The molecule has 1 heterocycles. The van der Waals surface area contributed by atoms with Crippen molar-refractivity contribution in [2.75, 3.05) is 0 Å². The van der Waals surface area contributed by atoms with Gasteiger partial charge in [-0.2, -0.15) is 0 Å². The van der Waals surface area contributed by atoms with E-state index in [0.717, 1.165) is 16.6 Å². The Morgan fingerprint density at radius 2 is 2.09 bits per heavy atom. The van der Waals surface area contributed by atoms with Gasteiger partial charge in [0.05, 0.1) is 0 Å². The zero-order chi connectivity index (χ0) is 16.1. The first-order valence-electron chi connectivity index (χ1n) is 7.21. The molecular weight excluding hydrogens is 280 g/mol. The average Bonchev–Trinajstić information content (AvgIpc) is 2.79. The maximum absolute atomic E-state index is 12.2. The molecule has 116 valence electrons. The Bertz CT molecular complexity index is 716. The fourth-order valence-electron chi connectivity index (χ4n) is 2.44. The van der Waals surface area contributed by atoms with Crippen LogP contribution < -0.4 is 5.32 Å². The summed E-state index contributed by atoms with van der Waals surface area (Å²) < 4.78 is 1.89. The van der Waals surface area contributed by atoms with E-state index in [4.69, 9.17) is 5.11 Å². The number of benzene rings is 1. The standard InChI is InChI=1S/C17H20N2O3/c1-3-4-8-14(17(21)22)18-16(20)11-19-12(2)10-13-7-5-6-9-15(13)19/h3-7,9-10,14H,8,11H2,1-2H3,(H,18,20)(H,21,22)/b4-3+. The summed E-state index contributed by atoms with van der Waals surface area (Å²) in [6.07, 6.45) is 3.78. The van der Waals surface area contributed by atoms with E-state index >= 15 is 0 Å². The Morgan fingerprint density at radius 3 is 2.77 bits per heavy atom. The van der Waals surface area contributed by atoms with Gasteiger partial charge >= 0.3 is 5.97 Å². The van der Waals surface area contributed by atoms with Gasteiger partial charge in [-0.05, 0) is 37.8 Å². The van der Waals surface area contributed by atoms with E-state index in [1.807, 2.05) is 48.7 Å². The third-order valence-corrected chi connectivity index (χ3v) is 3.56. The molecule has 1 atom stereocenters. The number of aryl methyl sites for hydroxylation is 1. The quantitative estimate of drug-likeness (QED) is 0.805. The molecule has 0 fully saturated rings.